The Kier molecular flexibility index (Phi) is 8.68. The first-order valence-electron chi connectivity index (χ1n) is 14.0. The molecule has 0 saturated heterocycles. The normalized spacial score (nSPS) is 20.0. The summed E-state index contributed by atoms with van der Waals surface area (Å²) in [5.41, 5.74) is 16.7. The number of esters is 1. The Hall–Kier alpha value is -3.66. The van der Waals surface area contributed by atoms with Gasteiger partial charge in [0, 0.05) is 53.8 Å². The van der Waals surface area contributed by atoms with Gasteiger partial charge in [0.25, 0.3) is 5.91 Å². The minimum atomic E-state index is -0.521. The number of ketones is 1. The van der Waals surface area contributed by atoms with Crippen LogP contribution >= 0.6 is 0 Å². The van der Waals surface area contributed by atoms with Gasteiger partial charge in [-0.25, -0.2) is 0 Å². The molecule has 216 valence electrons. The third-order valence-electron chi connectivity index (χ3n) is 8.04. The number of hydrogen-bond donors (Lipinski definition) is 4. The molecule has 0 unspecified atom stereocenters. The third kappa shape index (κ3) is 6.38. The Balaban J connectivity index is 1.49. The summed E-state index contributed by atoms with van der Waals surface area (Å²) in [6, 6.07) is 5.62. The molecule has 1 fully saturated rings. The smallest absolute Gasteiger partial charge is 0.325 e. The molecule has 1 aromatic heterocycles. The Bertz CT molecular complexity index is 1320. The number of amides is 2. The van der Waals surface area contributed by atoms with Crippen molar-refractivity contribution in [3.05, 3.63) is 46.3 Å². The monoisotopic (exact) mass is 551 g/mol. The summed E-state index contributed by atoms with van der Waals surface area (Å²) in [7, 11) is 0. The minimum absolute atomic E-state index is 0.0643. The Morgan fingerprint density at radius 3 is 2.45 bits per heavy atom. The van der Waals surface area contributed by atoms with Crippen LogP contribution in [0.4, 0.5) is 5.69 Å². The number of rotatable bonds is 9. The van der Waals surface area contributed by atoms with Crippen molar-refractivity contribution < 1.29 is 23.9 Å². The number of nitrogens with two attached hydrogens (primary N) is 2. The molecule has 1 aromatic carbocycles. The number of aromatic nitrogens is 1. The van der Waals surface area contributed by atoms with Crippen LogP contribution in [0.5, 0.6) is 0 Å². The first kappa shape index (κ1) is 29.3. The Morgan fingerprint density at radius 2 is 1.80 bits per heavy atom. The highest BCUT2D eigenvalue weighted by atomic mass is 16.5. The van der Waals surface area contributed by atoms with Crippen LogP contribution < -0.4 is 22.1 Å². The Labute approximate surface area is 235 Å². The maximum atomic E-state index is 13.0. The molecule has 0 aliphatic heterocycles. The van der Waals surface area contributed by atoms with E-state index in [1.54, 1.807) is 6.07 Å². The quantitative estimate of drug-likeness (QED) is 0.349. The number of anilines is 1. The predicted molar refractivity (Wildman–Crippen MR) is 153 cm³/mol. The van der Waals surface area contributed by atoms with Crippen LogP contribution in [-0.4, -0.2) is 53.4 Å². The lowest BCUT2D eigenvalue weighted by molar-refractivity contribution is -0.150. The summed E-state index contributed by atoms with van der Waals surface area (Å²) in [5, 5.41) is 6.02. The lowest BCUT2D eigenvalue weighted by atomic mass is 9.75. The predicted octanol–water partition coefficient (Wildman–Crippen LogP) is 3.08. The summed E-state index contributed by atoms with van der Waals surface area (Å²) in [6.07, 6.45) is 4.04. The molecule has 1 heterocycles. The molecule has 10 heteroatoms. The van der Waals surface area contributed by atoms with Gasteiger partial charge in [-0.05, 0) is 75.1 Å². The van der Waals surface area contributed by atoms with E-state index in [4.69, 9.17) is 16.2 Å². The highest BCUT2D eigenvalue weighted by Gasteiger charge is 2.36. The number of fused-ring (bicyclic) bond motifs is 1. The largest absolute Gasteiger partial charge is 0.461 e. The lowest BCUT2D eigenvalue weighted by Gasteiger charge is -2.31. The first-order valence-corrected chi connectivity index (χ1v) is 14.0. The molecule has 4 rings (SSSR count). The summed E-state index contributed by atoms with van der Waals surface area (Å²) >= 11 is 0. The number of nitrogens with zero attached hydrogens (tertiary/aromatic N) is 1. The zero-order chi connectivity index (χ0) is 29.2. The van der Waals surface area contributed by atoms with Crippen molar-refractivity contribution in [2.24, 2.45) is 16.9 Å². The van der Waals surface area contributed by atoms with Crippen molar-refractivity contribution in [1.29, 1.82) is 0 Å². The highest BCUT2D eigenvalue weighted by molar-refractivity contribution is 6.01. The standard InChI is InChI=1S/C30H41N5O5/c1-17-18(2)35(24-14-30(3,4)15-25(36)28(17)24)20-7-10-22(29(32)39)23(13-20)34-19-5-8-21(9-6-19)40-27(38)16-33-26(37)11-12-31/h7,10,13,19,21,34H,5-6,8-9,11-12,14-16,31H2,1-4H3,(H2,32,39)(H,33,37). The van der Waals surface area contributed by atoms with Crippen molar-refractivity contribution in [2.75, 3.05) is 18.4 Å². The molecule has 10 nitrogen and oxygen atoms in total. The van der Waals surface area contributed by atoms with Gasteiger partial charge in [-0.2, -0.15) is 0 Å². The van der Waals surface area contributed by atoms with E-state index in [2.05, 4.69) is 29.0 Å². The van der Waals surface area contributed by atoms with Crippen LogP contribution in [-0.2, 0) is 20.7 Å². The molecule has 2 aromatic rings. The molecular formula is C30H41N5O5. The fraction of sp³-hybridized carbons (Fsp3) is 0.533. The Morgan fingerprint density at radius 1 is 1.10 bits per heavy atom. The van der Waals surface area contributed by atoms with E-state index in [0.717, 1.165) is 47.5 Å². The summed E-state index contributed by atoms with van der Waals surface area (Å²) in [4.78, 5) is 49.0. The maximum absolute atomic E-state index is 13.0. The van der Waals surface area contributed by atoms with Gasteiger partial charge in [0.2, 0.25) is 5.91 Å². The van der Waals surface area contributed by atoms with Gasteiger partial charge >= 0.3 is 5.97 Å². The lowest BCUT2D eigenvalue weighted by Crippen LogP contribution is -2.36. The van der Waals surface area contributed by atoms with Crippen molar-refractivity contribution in [3.63, 3.8) is 0 Å². The highest BCUT2D eigenvalue weighted by Crippen LogP contribution is 2.40. The van der Waals surface area contributed by atoms with Crippen LogP contribution in [0, 0.1) is 19.3 Å². The number of ether oxygens (including phenoxy) is 1. The fourth-order valence-corrected chi connectivity index (χ4v) is 5.97. The molecule has 0 bridgehead atoms. The molecule has 40 heavy (non-hydrogen) atoms. The number of carbonyl (C=O) groups is 4. The van der Waals surface area contributed by atoms with Gasteiger partial charge in [0.15, 0.2) is 5.78 Å². The second kappa shape index (κ2) is 11.8. The third-order valence-corrected chi connectivity index (χ3v) is 8.04. The van der Waals surface area contributed by atoms with Gasteiger partial charge < -0.3 is 31.4 Å². The molecule has 0 atom stereocenters. The molecular weight excluding hydrogens is 510 g/mol. The molecule has 1 saturated carbocycles. The van der Waals surface area contributed by atoms with E-state index in [0.29, 0.717) is 30.5 Å². The summed E-state index contributed by atoms with van der Waals surface area (Å²) in [6.45, 7) is 8.31. The fourth-order valence-electron chi connectivity index (χ4n) is 5.97. The number of Topliss-reactive ketones (excluding diaryl/α,β-unsaturated/α-hetero) is 1. The number of primary amides is 1. The number of benzene rings is 1. The van der Waals surface area contributed by atoms with E-state index in [9.17, 15) is 19.2 Å². The van der Waals surface area contributed by atoms with Crippen LogP contribution in [0.3, 0.4) is 0 Å². The van der Waals surface area contributed by atoms with Gasteiger partial charge in [-0.15, -0.1) is 0 Å². The van der Waals surface area contributed by atoms with E-state index in [-0.39, 0.29) is 48.8 Å². The minimum Gasteiger partial charge on any atom is -0.461 e. The average Bonchev–Trinajstić information content (AvgIpc) is 3.12. The van der Waals surface area contributed by atoms with Gasteiger partial charge in [-0.3, -0.25) is 19.2 Å². The van der Waals surface area contributed by atoms with Crippen LogP contribution in [0.15, 0.2) is 18.2 Å². The molecule has 2 aliphatic rings. The van der Waals surface area contributed by atoms with E-state index in [1.807, 2.05) is 26.0 Å². The first-order chi connectivity index (χ1) is 18.9. The van der Waals surface area contributed by atoms with Crippen molar-refractivity contribution >= 4 is 29.3 Å². The SMILES string of the molecule is Cc1c2c(n(-c3ccc(C(N)=O)c(NC4CCC(OC(=O)CNC(=O)CCN)CC4)c3)c1C)CC(C)(C)CC2=O. The van der Waals surface area contributed by atoms with Crippen LogP contribution in [0.25, 0.3) is 5.69 Å². The van der Waals surface area contributed by atoms with Gasteiger partial charge in [0.1, 0.15) is 12.6 Å². The number of carbonyl (C=O) groups excluding carboxylic acids is 4. The van der Waals surface area contributed by atoms with Crippen LogP contribution in [0.2, 0.25) is 0 Å². The topological polar surface area (TPSA) is 159 Å². The van der Waals surface area contributed by atoms with Crippen molar-refractivity contribution in [1.82, 2.24) is 9.88 Å². The molecule has 6 N–H and O–H groups in total. The summed E-state index contributed by atoms with van der Waals surface area (Å²) in [5.74, 6) is -1.09. The summed E-state index contributed by atoms with van der Waals surface area (Å²) < 4.78 is 7.67. The molecule has 2 aliphatic carbocycles. The average molecular weight is 552 g/mol. The molecule has 2 amide bonds. The van der Waals surface area contributed by atoms with Crippen molar-refractivity contribution in [2.45, 2.75) is 84.8 Å². The zero-order valence-corrected chi connectivity index (χ0v) is 23.9. The van der Waals surface area contributed by atoms with Crippen LogP contribution in [0.1, 0.15) is 90.0 Å². The molecule has 0 radical (unpaired) electrons. The second-order valence-electron chi connectivity index (χ2n) is 11.8. The van der Waals surface area contributed by atoms with Gasteiger partial charge in [0.05, 0.1) is 5.56 Å². The maximum Gasteiger partial charge on any atom is 0.325 e. The van der Waals surface area contributed by atoms with E-state index >= 15 is 0 Å². The molecule has 0 spiro atoms. The zero-order valence-electron chi connectivity index (χ0n) is 23.9. The second-order valence-corrected chi connectivity index (χ2v) is 11.8. The van der Waals surface area contributed by atoms with E-state index < -0.39 is 11.9 Å². The van der Waals surface area contributed by atoms with E-state index in [1.165, 1.54) is 0 Å². The number of nitrogens with one attached hydrogen (secondary N) is 2. The number of hydrogen-bond acceptors (Lipinski definition) is 7. The van der Waals surface area contributed by atoms with Gasteiger partial charge in [-0.1, -0.05) is 13.8 Å². The van der Waals surface area contributed by atoms with Crippen molar-refractivity contribution in [3.8, 4) is 5.69 Å².